The van der Waals surface area contributed by atoms with Gasteiger partial charge >= 0.3 is 6.61 Å². The Morgan fingerprint density at radius 1 is 1.42 bits per heavy atom. The molecule has 0 radical (unpaired) electrons. The highest BCUT2D eigenvalue weighted by atomic mass is 19.3. The maximum Gasteiger partial charge on any atom is 0.387 e. The highest BCUT2D eigenvalue weighted by Crippen LogP contribution is 2.21. The van der Waals surface area contributed by atoms with Gasteiger partial charge in [-0.05, 0) is 12.1 Å². The number of benzene rings is 1. The summed E-state index contributed by atoms with van der Waals surface area (Å²) < 4.78 is 30.3. The van der Waals surface area contributed by atoms with E-state index in [4.69, 9.17) is 0 Å². The van der Waals surface area contributed by atoms with Gasteiger partial charge in [0.15, 0.2) is 0 Å². The summed E-state index contributed by atoms with van der Waals surface area (Å²) in [6.07, 6.45) is 3.04. The van der Waals surface area contributed by atoms with Gasteiger partial charge in [-0.25, -0.2) is 0 Å². The van der Waals surface area contributed by atoms with E-state index in [0.717, 1.165) is 0 Å². The van der Waals surface area contributed by atoms with Crippen LogP contribution in [-0.4, -0.2) is 22.3 Å². The van der Waals surface area contributed by atoms with Gasteiger partial charge in [0.25, 0.3) is 5.91 Å². The van der Waals surface area contributed by atoms with E-state index in [1.54, 1.807) is 19.3 Å². The van der Waals surface area contributed by atoms with Crippen LogP contribution in [0.15, 0.2) is 36.7 Å². The van der Waals surface area contributed by atoms with Crippen molar-refractivity contribution in [1.29, 1.82) is 0 Å². The fraction of sp³-hybridized carbons (Fsp3) is 0.167. The number of nitrogens with zero attached hydrogens (tertiary/aromatic N) is 2. The molecule has 0 fully saturated rings. The zero-order valence-corrected chi connectivity index (χ0v) is 10.0. The van der Waals surface area contributed by atoms with Crippen molar-refractivity contribution in [2.75, 3.05) is 5.32 Å². The lowest BCUT2D eigenvalue weighted by molar-refractivity contribution is -0.0501. The molecule has 0 atom stereocenters. The molecule has 5 nitrogen and oxygen atoms in total. The molecule has 0 saturated carbocycles. The number of nitrogens with one attached hydrogen (secondary N) is 1. The summed E-state index contributed by atoms with van der Waals surface area (Å²) >= 11 is 0. The molecule has 19 heavy (non-hydrogen) atoms. The number of rotatable bonds is 4. The molecule has 1 heterocycles. The van der Waals surface area contributed by atoms with Crippen LogP contribution in [0.1, 0.15) is 10.4 Å². The number of amides is 1. The second kappa shape index (κ2) is 5.47. The van der Waals surface area contributed by atoms with Crippen molar-refractivity contribution in [2.45, 2.75) is 6.61 Å². The lowest BCUT2D eigenvalue weighted by Crippen LogP contribution is -2.14. The maximum absolute atomic E-state index is 12.2. The van der Waals surface area contributed by atoms with E-state index in [0.29, 0.717) is 5.69 Å². The topological polar surface area (TPSA) is 56.2 Å². The first-order valence-electron chi connectivity index (χ1n) is 5.40. The molecule has 0 aliphatic carbocycles. The zero-order valence-electron chi connectivity index (χ0n) is 10.0. The number of aromatic nitrogens is 2. The van der Waals surface area contributed by atoms with Crippen LogP contribution in [0.5, 0.6) is 5.75 Å². The molecule has 0 spiro atoms. The number of anilines is 1. The standard InChI is InChI=1S/C12H11F2N3O2/c1-17-7-8(6-15-17)16-11(18)9-4-2-3-5-10(9)19-12(13)14/h2-7,12H,1H3,(H,16,18). The van der Waals surface area contributed by atoms with Crippen molar-refractivity contribution in [3.63, 3.8) is 0 Å². The van der Waals surface area contributed by atoms with E-state index in [1.807, 2.05) is 0 Å². The monoisotopic (exact) mass is 267 g/mol. The normalized spacial score (nSPS) is 10.5. The third kappa shape index (κ3) is 3.27. The van der Waals surface area contributed by atoms with E-state index in [-0.39, 0.29) is 11.3 Å². The largest absolute Gasteiger partial charge is 0.434 e. The van der Waals surface area contributed by atoms with E-state index in [1.165, 1.54) is 29.1 Å². The van der Waals surface area contributed by atoms with Crippen LogP contribution >= 0.6 is 0 Å². The summed E-state index contributed by atoms with van der Waals surface area (Å²) in [6.45, 7) is -2.98. The fourth-order valence-corrected chi connectivity index (χ4v) is 1.54. The Labute approximate surface area is 107 Å². The number of carbonyl (C=O) groups excluding carboxylic acids is 1. The molecule has 0 aliphatic rings. The van der Waals surface area contributed by atoms with Gasteiger partial charge in [0.2, 0.25) is 0 Å². The van der Waals surface area contributed by atoms with Gasteiger partial charge in [0.05, 0.1) is 17.4 Å². The van der Waals surface area contributed by atoms with Crippen molar-refractivity contribution in [2.24, 2.45) is 7.05 Å². The number of halogens is 2. The van der Waals surface area contributed by atoms with Crippen molar-refractivity contribution in [3.05, 3.63) is 42.2 Å². The second-order valence-electron chi connectivity index (χ2n) is 3.73. The predicted octanol–water partition coefficient (Wildman–Crippen LogP) is 2.27. The Morgan fingerprint density at radius 3 is 2.79 bits per heavy atom. The molecule has 1 N–H and O–H groups in total. The summed E-state index contributed by atoms with van der Waals surface area (Å²) in [6, 6.07) is 5.79. The summed E-state index contributed by atoms with van der Waals surface area (Å²) in [5.41, 5.74) is 0.506. The molecular formula is C12H11F2N3O2. The molecule has 100 valence electrons. The van der Waals surface area contributed by atoms with E-state index >= 15 is 0 Å². The summed E-state index contributed by atoms with van der Waals surface area (Å²) in [5.74, 6) is -0.705. The number of ether oxygens (including phenoxy) is 1. The van der Waals surface area contributed by atoms with Gasteiger partial charge < -0.3 is 10.1 Å². The van der Waals surface area contributed by atoms with Gasteiger partial charge in [-0.2, -0.15) is 13.9 Å². The second-order valence-corrected chi connectivity index (χ2v) is 3.73. The lowest BCUT2D eigenvalue weighted by atomic mass is 10.2. The van der Waals surface area contributed by atoms with E-state index < -0.39 is 12.5 Å². The molecule has 1 aromatic heterocycles. The van der Waals surface area contributed by atoms with Gasteiger partial charge in [-0.1, -0.05) is 12.1 Å². The van der Waals surface area contributed by atoms with Crippen LogP contribution in [-0.2, 0) is 7.05 Å². The van der Waals surface area contributed by atoms with Gasteiger partial charge in [-0.15, -0.1) is 0 Å². The number of hydrogen-bond donors (Lipinski definition) is 1. The zero-order chi connectivity index (χ0) is 13.8. The molecule has 0 aliphatic heterocycles. The summed E-state index contributed by atoms with van der Waals surface area (Å²) in [5, 5.41) is 6.43. The third-order valence-corrected chi connectivity index (χ3v) is 2.31. The highest BCUT2D eigenvalue weighted by molar-refractivity contribution is 6.06. The molecule has 0 unspecified atom stereocenters. The molecule has 0 saturated heterocycles. The fourth-order valence-electron chi connectivity index (χ4n) is 1.54. The van der Waals surface area contributed by atoms with Gasteiger partial charge in [0.1, 0.15) is 5.75 Å². The first kappa shape index (κ1) is 13.0. The Balaban J connectivity index is 2.18. The van der Waals surface area contributed by atoms with Crippen molar-refractivity contribution in [3.8, 4) is 5.75 Å². The Hall–Kier alpha value is -2.44. The summed E-state index contributed by atoms with van der Waals surface area (Å²) in [7, 11) is 1.70. The van der Waals surface area contributed by atoms with Crippen LogP contribution in [0.3, 0.4) is 0 Å². The third-order valence-electron chi connectivity index (χ3n) is 2.31. The van der Waals surface area contributed by atoms with Crippen LogP contribution in [0.25, 0.3) is 0 Å². The van der Waals surface area contributed by atoms with E-state index in [9.17, 15) is 13.6 Å². The highest BCUT2D eigenvalue weighted by Gasteiger charge is 2.15. The van der Waals surface area contributed by atoms with Crippen molar-refractivity contribution < 1.29 is 18.3 Å². The minimum absolute atomic E-state index is 0.0339. The van der Waals surface area contributed by atoms with E-state index in [2.05, 4.69) is 15.2 Å². The van der Waals surface area contributed by atoms with Gasteiger partial charge in [0, 0.05) is 13.2 Å². The number of hydrogen-bond acceptors (Lipinski definition) is 3. The molecule has 2 aromatic rings. The maximum atomic E-state index is 12.2. The first-order chi connectivity index (χ1) is 9.06. The Bertz CT molecular complexity index is 584. The number of para-hydroxylation sites is 1. The molecule has 1 amide bonds. The van der Waals surface area contributed by atoms with Crippen LogP contribution in [0.2, 0.25) is 0 Å². The molecule has 7 heteroatoms. The first-order valence-corrected chi connectivity index (χ1v) is 5.40. The summed E-state index contributed by atoms with van der Waals surface area (Å²) in [4.78, 5) is 12.0. The minimum Gasteiger partial charge on any atom is -0.434 e. The Kier molecular flexibility index (Phi) is 3.74. The molecule has 2 rings (SSSR count). The molecular weight excluding hydrogens is 256 g/mol. The molecule has 0 bridgehead atoms. The number of carbonyl (C=O) groups is 1. The lowest BCUT2D eigenvalue weighted by Gasteiger charge is -2.09. The van der Waals surface area contributed by atoms with Crippen LogP contribution in [0.4, 0.5) is 14.5 Å². The van der Waals surface area contributed by atoms with Crippen molar-refractivity contribution >= 4 is 11.6 Å². The minimum atomic E-state index is -2.98. The average Bonchev–Trinajstić information content (AvgIpc) is 2.74. The average molecular weight is 267 g/mol. The quantitative estimate of drug-likeness (QED) is 0.924. The van der Waals surface area contributed by atoms with Crippen LogP contribution < -0.4 is 10.1 Å². The smallest absolute Gasteiger partial charge is 0.387 e. The Morgan fingerprint density at radius 2 is 2.16 bits per heavy atom. The van der Waals surface area contributed by atoms with Gasteiger partial charge in [-0.3, -0.25) is 9.48 Å². The molecule has 1 aromatic carbocycles. The van der Waals surface area contributed by atoms with Crippen LogP contribution in [0, 0.1) is 0 Å². The number of aryl methyl sites for hydroxylation is 1. The number of alkyl halides is 2. The van der Waals surface area contributed by atoms with Crippen molar-refractivity contribution in [1.82, 2.24) is 9.78 Å². The predicted molar refractivity (Wildman–Crippen MR) is 64.2 cm³/mol. The SMILES string of the molecule is Cn1cc(NC(=O)c2ccccc2OC(F)F)cn1.